The number of carbonyl (C=O) groups excluding carboxylic acids is 2. The Morgan fingerprint density at radius 3 is 2.22 bits per heavy atom. The number of halogens is 3. The molecule has 182 valence electrons. The summed E-state index contributed by atoms with van der Waals surface area (Å²) in [5.74, 6) is -0.722. The second kappa shape index (κ2) is 9.29. The molecular weight excluding hydrogens is 471 g/mol. The van der Waals surface area contributed by atoms with Gasteiger partial charge in [0.1, 0.15) is 0 Å². The lowest BCUT2D eigenvalue weighted by molar-refractivity contribution is -0.137. The molecule has 7 nitrogen and oxygen atoms in total. The second-order valence-corrected chi connectivity index (χ2v) is 8.40. The van der Waals surface area contributed by atoms with Gasteiger partial charge in [0.05, 0.1) is 28.7 Å². The number of nitrogens with one attached hydrogen (secondary N) is 2. The maximum Gasteiger partial charge on any atom is 0.416 e. The van der Waals surface area contributed by atoms with E-state index in [-0.39, 0.29) is 17.5 Å². The number of hydrogen-bond donors (Lipinski definition) is 2. The van der Waals surface area contributed by atoms with Crippen LogP contribution in [0.15, 0.2) is 79.3 Å². The molecule has 0 saturated heterocycles. The maximum atomic E-state index is 13.2. The monoisotopic (exact) mass is 491 g/mol. The number of amides is 2. The molecule has 5 rings (SSSR count). The van der Waals surface area contributed by atoms with Crippen molar-refractivity contribution in [3.8, 4) is 5.69 Å². The fraction of sp³-hybridized carbons (Fsp3) is 0.154. The van der Waals surface area contributed by atoms with Crippen LogP contribution in [0.4, 0.5) is 24.5 Å². The lowest BCUT2D eigenvalue weighted by Gasteiger charge is -2.12. The molecule has 1 aliphatic rings. The summed E-state index contributed by atoms with van der Waals surface area (Å²) in [6.45, 7) is 0. The highest BCUT2D eigenvalue weighted by atomic mass is 19.4. The SMILES string of the molecule is O=C(Nc1cccc(NC(=O)c2cnn(-c3cccc(C(F)(F)F)c3)c2C2CC2)c1)c1ccncc1. The van der Waals surface area contributed by atoms with Gasteiger partial charge in [0.25, 0.3) is 11.8 Å². The van der Waals surface area contributed by atoms with E-state index in [4.69, 9.17) is 0 Å². The van der Waals surface area contributed by atoms with Gasteiger partial charge in [-0.15, -0.1) is 0 Å². The summed E-state index contributed by atoms with van der Waals surface area (Å²) < 4.78 is 41.1. The number of alkyl halides is 3. The van der Waals surface area contributed by atoms with Crippen LogP contribution in [0.3, 0.4) is 0 Å². The smallest absolute Gasteiger partial charge is 0.322 e. The zero-order valence-electron chi connectivity index (χ0n) is 18.8. The van der Waals surface area contributed by atoms with Gasteiger partial charge in [-0.05, 0) is 61.4 Å². The normalized spacial score (nSPS) is 13.3. The van der Waals surface area contributed by atoms with E-state index in [1.165, 1.54) is 35.4 Å². The standard InChI is InChI=1S/C26H20F3N5O2/c27-26(28,29)18-3-1-6-21(13-18)34-23(16-7-8-16)22(15-31-34)25(36)33-20-5-2-4-19(14-20)32-24(35)17-9-11-30-12-10-17/h1-6,9-16H,7-8H2,(H,32,35)(H,33,36). The molecule has 0 aliphatic heterocycles. The Bertz CT molecular complexity index is 1430. The lowest BCUT2D eigenvalue weighted by Crippen LogP contribution is -2.15. The Balaban J connectivity index is 1.38. The van der Waals surface area contributed by atoms with Gasteiger partial charge in [-0.1, -0.05) is 12.1 Å². The summed E-state index contributed by atoms with van der Waals surface area (Å²) in [6.07, 6.45) is 1.56. The van der Waals surface area contributed by atoms with Crippen molar-refractivity contribution < 1.29 is 22.8 Å². The molecule has 0 radical (unpaired) electrons. The topological polar surface area (TPSA) is 88.9 Å². The van der Waals surface area contributed by atoms with Crippen molar-refractivity contribution in [3.63, 3.8) is 0 Å². The summed E-state index contributed by atoms with van der Waals surface area (Å²) in [7, 11) is 0. The van der Waals surface area contributed by atoms with Gasteiger partial charge < -0.3 is 10.6 Å². The predicted octanol–water partition coefficient (Wildman–Crippen LogP) is 5.67. The first kappa shape index (κ1) is 23.3. The quantitative estimate of drug-likeness (QED) is 0.364. The molecule has 0 unspecified atom stereocenters. The van der Waals surface area contributed by atoms with Crippen LogP contribution in [0.1, 0.15) is 50.7 Å². The van der Waals surface area contributed by atoms with Gasteiger partial charge in [-0.2, -0.15) is 18.3 Å². The molecule has 2 aromatic heterocycles. The number of benzene rings is 2. The Labute approximate surface area is 204 Å². The third kappa shape index (κ3) is 4.97. The van der Waals surface area contributed by atoms with Crippen LogP contribution in [0.5, 0.6) is 0 Å². The summed E-state index contributed by atoms with van der Waals surface area (Å²) in [5, 5.41) is 9.82. The van der Waals surface area contributed by atoms with E-state index >= 15 is 0 Å². The molecule has 0 spiro atoms. The highest BCUT2D eigenvalue weighted by Crippen LogP contribution is 2.43. The number of pyridine rings is 1. The molecule has 1 saturated carbocycles. The van der Waals surface area contributed by atoms with Crippen molar-refractivity contribution in [1.29, 1.82) is 0 Å². The van der Waals surface area contributed by atoms with E-state index in [1.807, 2.05) is 0 Å². The van der Waals surface area contributed by atoms with Crippen LogP contribution in [0.2, 0.25) is 0 Å². The molecule has 2 amide bonds. The number of rotatable bonds is 6. The summed E-state index contributed by atoms with van der Waals surface area (Å²) in [5.41, 5.74) is 1.70. The Kier molecular flexibility index (Phi) is 6.01. The first-order chi connectivity index (χ1) is 17.3. The predicted molar refractivity (Wildman–Crippen MR) is 127 cm³/mol. The number of nitrogens with zero attached hydrogens (tertiary/aromatic N) is 3. The van der Waals surface area contributed by atoms with E-state index in [0.717, 1.165) is 25.0 Å². The molecule has 10 heteroatoms. The minimum absolute atomic E-state index is 0.0359. The molecule has 4 aromatic rings. The van der Waals surface area contributed by atoms with Gasteiger partial charge in [0, 0.05) is 35.2 Å². The number of hydrogen-bond acceptors (Lipinski definition) is 4. The molecule has 1 aliphatic carbocycles. The minimum atomic E-state index is -4.49. The average molecular weight is 491 g/mol. The van der Waals surface area contributed by atoms with Crippen LogP contribution in [0, 0.1) is 0 Å². The Morgan fingerprint density at radius 1 is 0.889 bits per heavy atom. The van der Waals surface area contributed by atoms with Gasteiger partial charge in [-0.3, -0.25) is 14.6 Å². The first-order valence-corrected chi connectivity index (χ1v) is 11.2. The Hall–Kier alpha value is -4.47. The van der Waals surface area contributed by atoms with E-state index in [2.05, 4.69) is 20.7 Å². The first-order valence-electron chi connectivity index (χ1n) is 11.2. The molecular formula is C26H20F3N5O2. The minimum Gasteiger partial charge on any atom is -0.322 e. The van der Waals surface area contributed by atoms with Crippen LogP contribution in [0.25, 0.3) is 5.69 Å². The van der Waals surface area contributed by atoms with Crippen molar-refractivity contribution in [1.82, 2.24) is 14.8 Å². The number of carbonyl (C=O) groups is 2. The largest absolute Gasteiger partial charge is 0.416 e. The van der Waals surface area contributed by atoms with Crippen LogP contribution in [-0.2, 0) is 6.18 Å². The lowest BCUT2D eigenvalue weighted by atomic mass is 10.1. The molecule has 2 N–H and O–H groups in total. The van der Waals surface area contributed by atoms with Gasteiger partial charge in [0.15, 0.2) is 0 Å². The van der Waals surface area contributed by atoms with E-state index in [0.29, 0.717) is 28.2 Å². The van der Waals surface area contributed by atoms with Crippen LogP contribution >= 0.6 is 0 Å². The van der Waals surface area contributed by atoms with Gasteiger partial charge >= 0.3 is 6.18 Å². The van der Waals surface area contributed by atoms with E-state index in [9.17, 15) is 22.8 Å². The molecule has 1 fully saturated rings. The van der Waals surface area contributed by atoms with Crippen molar-refractivity contribution in [3.05, 3.63) is 102 Å². The van der Waals surface area contributed by atoms with E-state index < -0.39 is 17.6 Å². The van der Waals surface area contributed by atoms with Crippen molar-refractivity contribution in [2.75, 3.05) is 10.6 Å². The number of aromatic nitrogens is 3. The van der Waals surface area contributed by atoms with E-state index in [1.54, 1.807) is 36.4 Å². The third-order valence-corrected chi connectivity index (χ3v) is 5.75. The molecule has 0 atom stereocenters. The van der Waals surface area contributed by atoms with Crippen molar-refractivity contribution >= 4 is 23.2 Å². The van der Waals surface area contributed by atoms with Gasteiger partial charge in [0.2, 0.25) is 0 Å². The zero-order chi connectivity index (χ0) is 25.3. The Morgan fingerprint density at radius 2 is 1.56 bits per heavy atom. The third-order valence-electron chi connectivity index (χ3n) is 5.75. The zero-order valence-corrected chi connectivity index (χ0v) is 18.8. The average Bonchev–Trinajstić information content (AvgIpc) is 3.61. The summed E-state index contributed by atoms with van der Waals surface area (Å²) >= 11 is 0. The van der Waals surface area contributed by atoms with Crippen LogP contribution < -0.4 is 10.6 Å². The molecule has 2 aromatic carbocycles. The van der Waals surface area contributed by atoms with Crippen molar-refractivity contribution in [2.24, 2.45) is 0 Å². The fourth-order valence-electron chi connectivity index (χ4n) is 3.88. The fourth-order valence-corrected chi connectivity index (χ4v) is 3.88. The maximum absolute atomic E-state index is 13.2. The molecule has 2 heterocycles. The van der Waals surface area contributed by atoms with Crippen molar-refractivity contribution in [2.45, 2.75) is 24.9 Å². The highest BCUT2D eigenvalue weighted by Gasteiger charge is 2.34. The summed E-state index contributed by atoms with van der Waals surface area (Å²) in [6, 6.07) is 14.7. The van der Waals surface area contributed by atoms with Crippen LogP contribution in [-0.4, -0.2) is 26.6 Å². The highest BCUT2D eigenvalue weighted by molar-refractivity contribution is 6.07. The second-order valence-electron chi connectivity index (χ2n) is 8.40. The number of anilines is 2. The van der Waals surface area contributed by atoms with Gasteiger partial charge in [-0.25, -0.2) is 4.68 Å². The molecule has 36 heavy (non-hydrogen) atoms. The molecule has 0 bridgehead atoms. The summed E-state index contributed by atoms with van der Waals surface area (Å²) in [4.78, 5) is 29.5.